The Morgan fingerprint density at radius 3 is 2.93 bits per heavy atom. The number of nitrogens with one attached hydrogen (secondary N) is 1. The summed E-state index contributed by atoms with van der Waals surface area (Å²) in [7, 11) is 0. The number of aromatic nitrogens is 3. The van der Waals surface area contributed by atoms with Crippen molar-refractivity contribution in [2.45, 2.75) is 13.5 Å². The lowest BCUT2D eigenvalue weighted by molar-refractivity contribution is 0.917. The molecule has 0 atom stereocenters. The average Bonchev–Trinajstić information content (AvgIpc) is 2.66. The van der Waals surface area contributed by atoms with Gasteiger partial charge in [-0.05, 0) is 13.0 Å². The van der Waals surface area contributed by atoms with Crippen LogP contribution >= 0.6 is 0 Å². The molecule has 4 heteroatoms. The van der Waals surface area contributed by atoms with Gasteiger partial charge in [-0.15, -0.1) is 0 Å². The Labute approximate surface area is 82.2 Å². The molecule has 0 unspecified atom stereocenters. The topological polar surface area (TPSA) is 67.6 Å². The van der Waals surface area contributed by atoms with Gasteiger partial charge in [0.1, 0.15) is 5.82 Å². The molecule has 0 saturated heterocycles. The molecule has 1 aromatic carbocycles. The van der Waals surface area contributed by atoms with Crippen LogP contribution < -0.4 is 5.73 Å². The van der Waals surface area contributed by atoms with Gasteiger partial charge in [0.25, 0.3) is 0 Å². The Kier molecular flexibility index (Phi) is 2.28. The molecular formula is C10H12N4. The first kappa shape index (κ1) is 8.90. The second kappa shape index (κ2) is 3.59. The lowest BCUT2D eigenvalue weighted by Gasteiger charge is -1.95. The number of aromatic amines is 1. The minimum atomic E-state index is 0.388. The molecule has 0 spiro atoms. The summed E-state index contributed by atoms with van der Waals surface area (Å²) < 4.78 is 0. The summed E-state index contributed by atoms with van der Waals surface area (Å²) in [5.41, 5.74) is 7.65. The van der Waals surface area contributed by atoms with Crippen molar-refractivity contribution in [3.05, 3.63) is 35.7 Å². The van der Waals surface area contributed by atoms with Gasteiger partial charge in [0.05, 0.1) is 6.54 Å². The van der Waals surface area contributed by atoms with E-state index < -0.39 is 0 Å². The molecule has 0 saturated carbocycles. The van der Waals surface area contributed by atoms with Gasteiger partial charge in [-0.1, -0.05) is 23.8 Å². The first-order chi connectivity index (χ1) is 6.79. The third-order valence-corrected chi connectivity index (χ3v) is 2.00. The quantitative estimate of drug-likeness (QED) is 0.745. The van der Waals surface area contributed by atoms with Crippen molar-refractivity contribution in [2.24, 2.45) is 5.73 Å². The van der Waals surface area contributed by atoms with Gasteiger partial charge in [-0.3, -0.25) is 5.10 Å². The summed E-state index contributed by atoms with van der Waals surface area (Å²) in [6, 6.07) is 8.06. The van der Waals surface area contributed by atoms with Crippen molar-refractivity contribution in [3.8, 4) is 11.4 Å². The summed E-state index contributed by atoms with van der Waals surface area (Å²) in [5, 5.41) is 6.87. The van der Waals surface area contributed by atoms with Gasteiger partial charge in [0.2, 0.25) is 0 Å². The summed E-state index contributed by atoms with van der Waals surface area (Å²) in [4.78, 5) is 4.25. The molecule has 2 aromatic rings. The summed E-state index contributed by atoms with van der Waals surface area (Å²) >= 11 is 0. The molecular weight excluding hydrogens is 176 g/mol. The lowest BCUT2D eigenvalue weighted by Crippen LogP contribution is -1.97. The van der Waals surface area contributed by atoms with E-state index >= 15 is 0 Å². The van der Waals surface area contributed by atoms with Gasteiger partial charge in [0.15, 0.2) is 5.82 Å². The number of aryl methyl sites for hydroxylation is 1. The molecule has 4 nitrogen and oxygen atoms in total. The first-order valence-corrected chi connectivity index (χ1v) is 4.48. The summed E-state index contributed by atoms with van der Waals surface area (Å²) in [5.74, 6) is 1.41. The molecule has 0 bridgehead atoms. The molecule has 2 rings (SSSR count). The highest BCUT2D eigenvalue weighted by molar-refractivity contribution is 5.55. The van der Waals surface area contributed by atoms with E-state index in [1.54, 1.807) is 0 Å². The Morgan fingerprint density at radius 2 is 2.29 bits per heavy atom. The van der Waals surface area contributed by atoms with Crippen LogP contribution in [0.15, 0.2) is 24.3 Å². The second-order valence-corrected chi connectivity index (χ2v) is 3.18. The fourth-order valence-corrected chi connectivity index (χ4v) is 1.30. The van der Waals surface area contributed by atoms with Crippen LogP contribution in [0.2, 0.25) is 0 Å². The van der Waals surface area contributed by atoms with Gasteiger partial charge >= 0.3 is 0 Å². The molecule has 0 amide bonds. The smallest absolute Gasteiger partial charge is 0.181 e. The van der Waals surface area contributed by atoms with Crippen LogP contribution in [0.1, 0.15) is 11.4 Å². The monoisotopic (exact) mass is 188 g/mol. The third kappa shape index (κ3) is 1.65. The fraction of sp³-hybridized carbons (Fsp3) is 0.200. The van der Waals surface area contributed by atoms with Crippen molar-refractivity contribution in [2.75, 3.05) is 0 Å². The van der Waals surface area contributed by atoms with Crippen LogP contribution in [-0.4, -0.2) is 15.2 Å². The highest BCUT2D eigenvalue weighted by Gasteiger charge is 2.03. The van der Waals surface area contributed by atoms with Crippen LogP contribution in [0.4, 0.5) is 0 Å². The van der Waals surface area contributed by atoms with Crippen LogP contribution in [0, 0.1) is 6.92 Å². The Morgan fingerprint density at radius 1 is 1.43 bits per heavy atom. The zero-order valence-electron chi connectivity index (χ0n) is 7.99. The van der Waals surface area contributed by atoms with Gasteiger partial charge in [0, 0.05) is 5.56 Å². The van der Waals surface area contributed by atoms with Crippen molar-refractivity contribution in [3.63, 3.8) is 0 Å². The molecule has 14 heavy (non-hydrogen) atoms. The maximum absolute atomic E-state index is 5.44. The molecule has 0 aliphatic rings. The van der Waals surface area contributed by atoms with Crippen molar-refractivity contribution >= 4 is 0 Å². The molecule has 1 heterocycles. The maximum Gasteiger partial charge on any atom is 0.181 e. The Balaban J connectivity index is 2.39. The number of hydrogen-bond acceptors (Lipinski definition) is 3. The Bertz CT molecular complexity index is 433. The Hall–Kier alpha value is -1.68. The van der Waals surface area contributed by atoms with E-state index in [0.29, 0.717) is 18.2 Å². The second-order valence-electron chi connectivity index (χ2n) is 3.18. The number of hydrogen-bond donors (Lipinski definition) is 2. The highest BCUT2D eigenvalue weighted by atomic mass is 15.2. The standard InChI is InChI=1S/C10H12N4/c1-7-3-2-4-8(5-7)10-12-9(6-11)13-14-10/h2-5H,6,11H2,1H3,(H,12,13,14). The van der Waals surface area contributed by atoms with E-state index in [-0.39, 0.29) is 0 Å². The van der Waals surface area contributed by atoms with Crippen LogP contribution in [0.3, 0.4) is 0 Å². The molecule has 0 aliphatic carbocycles. The maximum atomic E-state index is 5.44. The minimum Gasteiger partial charge on any atom is -0.324 e. The third-order valence-electron chi connectivity index (χ3n) is 2.00. The summed E-state index contributed by atoms with van der Waals surface area (Å²) in [6.45, 7) is 2.43. The molecule has 1 aromatic heterocycles. The summed E-state index contributed by atoms with van der Waals surface area (Å²) in [6.07, 6.45) is 0. The van der Waals surface area contributed by atoms with Crippen LogP contribution in [0.5, 0.6) is 0 Å². The number of nitrogens with two attached hydrogens (primary N) is 1. The lowest BCUT2D eigenvalue weighted by atomic mass is 10.1. The minimum absolute atomic E-state index is 0.388. The molecule has 0 fully saturated rings. The molecule has 3 N–H and O–H groups in total. The van der Waals surface area contributed by atoms with E-state index in [1.165, 1.54) is 5.56 Å². The normalized spacial score (nSPS) is 10.4. The predicted octanol–water partition coefficient (Wildman–Crippen LogP) is 1.24. The van der Waals surface area contributed by atoms with Gasteiger partial charge in [-0.2, -0.15) is 5.10 Å². The van der Waals surface area contributed by atoms with Crippen molar-refractivity contribution in [1.29, 1.82) is 0 Å². The molecule has 72 valence electrons. The molecule has 0 radical (unpaired) electrons. The predicted molar refractivity (Wildman–Crippen MR) is 54.4 cm³/mol. The highest BCUT2D eigenvalue weighted by Crippen LogP contribution is 2.15. The van der Waals surface area contributed by atoms with Crippen molar-refractivity contribution < 1.29 is 0 Å². The largest absolute Gasteiger partial charge is 0.324 e. The van der Waals surface area contributed by atoms with Crippen LogP contribution in [-0.2, 0) is 6.54 Å². The van der Waals surface area contributed by atoms with Crippen molar-refractivity contribution in [1.82, 2.24) is 15.2 Å². The van der Waals surface area contributed by atoms with E-state index in [1.807, 2.05) is 31.2 Å². The van der Waals surface area contributed by atoms with E-state index in [2.05, 4.69) is 15.2 Å². The van der Waals surface area contributed by atoms with E-state index in [9.17, 15) is 0 Å². The zero-order chi connectivity index (χ0) is 9.97. The van der Waals surface area contributed by atoms with Gasteiger partial charge < -0.3 is 5.73 Å². The SMILES string of the molecule is Cc1cccc(-c2n[nH]c(CN)n2)c1. The number of rotatable bonds is 2. The zero-order valence-corrected chi connectivity index (χ0v) is 7.99. The first-order valence-electron chi connectivity index (χ1n) is 4.48. The van der Waals surface area contributed by atoms with Gasteiger partial charge in [-0.25, -0.2) is 4.98 Å². The fourth-order valence-electron chi connectivity index (χ4n) is 1.30. The van der Waals surface area contributed by atoms with E-state index in [0.717, 1.165) is 5.56 Å². The number of benzene rings is 1. The number of H-pyrrole nitrogens is 1. The van der Waals surface area contributed by atoms with E-state index in [4.69, 9.17) is 5.73 Å². The van der Waals surface area contributed by atoms with Crippen LogP contribution in [0.25, 0.3) is 11.4 Å². The number of nitrogens with zero attached hydrogens (tertiary/aromatic N) is 2. The molecule has 0 aliphatic heterocycles. The average molecular weight is 188 g/mol.